The molecule has 0 radical (unpaired) electrons. The number of nitrogens with zero attached hydrogens (tertiary/aromatic N) is 1. The Labute approximate surface area is 97.4 Å². The van der Waals surface area contributed by atoms with Crippen LogP contribution in [0.2, 0.25) is 0 Å². The van der Waals surface area contributed by atoms with E-state index >= 15 is 0 Å². The van der Waals surface area contributed by atoms with E-state index in [9.17, 15) is 9.59 Å². The highest BCUT2D eigenvalue weighted by atomic mass is 16.2. The lowest BCUT2D eigenvalue weighted by Crippen LogP contribution is -2.46. The van der Waals surface area contributed by atoms with Crippen LogP contribution in [-0.4, -0.2) is 42.4 Å². The van der Waals surface area contributed by atoms with Crippen LogP contribution in [0.25, 0.3) is 0 Å². The zero-order chi connectivity index (χ0) is 12.7. The minimum Gasteiger partial charge on any atom is -0.352 e. The van der Waals surface area contributed by atoms with E-state index < -0.39 is 6.04 Å². The fourth-order valence-corrected chi connectivity index (χ4v) is 1.38. The van der Waals surface area contributed by atoms with Gasteiger partial charge in [-0.1, -0.05) is 13.3 Å². The summed E-state index contributed by atoms with van der Waals surface area (Å²) in [4.78, 5) is 24.5. The summed E-state index contributed by atoms with van der Waals surface area (Å²) in [5.74, 6) is -0.338. The molecule has 0 aromatic carbocycles. The molecule has 0 rings (SSSR count). The second kappa shape index (κ2) is 7.22. The lowest BCUT2D eigenvalue weighted by Gasteiger charge is -2.21. The molecule has 5 heteroatoms. The molecule has 0 aromatic rings. The van der Waals surface area contributed by atoms with Gasteiger partial charge in [0, 0.05) is 13.1 Å². The van der Waals surface area contributed by atoms with Crippen molar-refractivity contribution in [2.75, 3.05) is 13.6 Å². The van der Waals surface area contributed by atoms with E-state index in [2.05, 4.69) is 5.32 Å². The first-order valence-electron chi connectivity index (χ1n) is 5.68. The molecule has 3 N–H and O–H groups in total. The van der Waals surface area contributed by atoms with Gasteiger partial charge in [-0.3, -0.25) is 9.59 Å². The molecule has 0 aromatic heterocycles. The van der Waals surface area contributed by atoms with Crippen molar-refractivity contribution in [2.24, 2.45) is 5.73 Å². The van der Waals surface area contributed by atoms with Gasteiger partial charge in [0.15, 0.2) is 0 Å². The van der Waals surface area contributed by atoms with E-state index in [4.69, 9.17) is 5.73 Å². The van der Waals surface area contributed by atoms with Crippen LogP contribution >= 0.6 is 0 Å². The van der Waals surface area contributed by atoms with E-state index in [1.54, 1.807) is 7.05 Å². The third kappa shape index (κ3) is 5.70. The van der Waals surface area contributed by atoms with Crippen molar-refractivity contribution >= 4 is 11.8 Å². The first-order chi connectivity index (χ1) is 7.38. The Bertz CT molecular complexity index is 241. The van der Waals surface area contributed by atoms with Crippen molar-refractivity contribution in [3.63, 3.8) is 0 Å². The van der Waals surface area contributed by atoms with Crippen LogP contribution in [0.3, 0.4) is 0 Å². The highest BCUT2D eigenvalue weighted by Gasteiger charge is 2.19. The standard InChI is InChI=1S/C11H23N3O2/c1-5-6-9(12)11(16)14(4)7-10(15)13-8(2)3/h8-9H,5-7,12H2,1-4H3,(H,13,15)/t9-/m0/s1. The summed E-state index contributed by atoms with van der Waals surface area (Å²) >= 11 is 0. The van der Waals surface area contributed by atoms with Crippen molar-refractivity contribution in [3.05, 3.63) is 0 Å². The zero-order valence-corrected chi connectivity index (χ0v) is 10.6. The number of carbonyl (C=O) groups excluding carboxylic acids is 2. The van der Waals surface area contributed by atoms with Gasteiger partial charge in [0.25, 0.3) is 0 Å². The van der Waals surface area contributed by atoms with Crippen LogP contribution in [0.4, 0.5) is 0 Å². The first-order valence-corrected chi connectivity index (χ1v) is 5.68. The molecule has 0 aliphatic carbocycles. The summed E-state index contributed by atoms with van der Waals surface area (Å²) < 4.78 is 0. The Morgan fingerprint density at radius 2 is 1.94 bits per heavy atom. The molecule has 0 bridgehead atoms. The molecule has 1 atom stereocenters. The third-order valence-electron chi connectivity index (χ3n) is 2.12. The molecule has 0 aliphatic heterocycles. The Hall–Kier alpha value is -1.10. The summed E-state index contributed by atoms with van der Waals surface area (Å²) in [5.41, 5.74) is 5.68. The molecule has 0 fully saturated rings. The van der Waals surface area contributed by atoms with Crippen LogP contribution in [0, 0.1) is 0 Å². The Morgan fingerprint density at radius 3 is 2.38 bits per heavy atom. The van der Waals surface area contributed by atoms with E-state index in [1.807, 2.05) is 20.8 Å². The van der Waals surface area contributed by atoms with E-state index in [0.29, 0.717) is 6.42 Å². The molecule has 0 unspecified atom stereocenters. The maximum absolute atomic E-state index is 11.7. The number of carbonyl (C=O) groups is 2. The fraction of sp³-hybridized carbons (Fsp3) is 0.818. The molecule has 5 nitrogen and oxygen atoms in total. The summed E-state index contributed by atoms with van der Waals surface area (Å²) in [7, 11) is 1.60. The van der Waals surface area contributed by atoms with Gasteiger partial charge in [-0.2, -0.15) is 0 Å². The molecule has 0 saturated carbocycles. The predicted octanol–water partition coefficient (Wildman–Crippen LogP) is 0.0968. The zero-order valence-electron chi connectivity index (χ0n) is 10.6. The van der Waals surface area contributed by atoms with Crippen molar-refractivity contribution < 1.29 is 9.59 Å². The number of likely N-dealkylation sites (N-methyl/N-ethyl adjacent to an activating group) is 1. The van der Waals surface area contributed by atoms with Crippen molar-refractivity contribution in [1.82, 2.24) is 10.2 Å². The van der Waals surface area contributed by atoms with Crippen LogP contribution < -0.4 is 11.1 Å². The van der Waals surface area contributed by atoms with E-state index in [-0.39, 0.29) is 24.4 Å². The van der Waals surface area contributed by atoms with Gasteiger partial charge in [-0.05, 0) is 20.3 Å². The van der Waals surface area contributed by atoms with Gasteiger partial charge in [-0.15, -0.1) is 0 Å². The smallest absolute Gasteiger partial charge is 0.239 e. The van der Waals surface area contributed by atoms with Gasteiger partial charge in [0.05, 0.1) is 12.6 Å². The fourth-order valence-electron chi connectivity index (χ4n) is 1.38. The minimum absolute atomic E-state index is 0.0639. The Balaban J connectivity index is 4.09. The first kappa shape index (κ1) is 14.9. The predicted molar refractivity (Wildman–Crippen MR) is 63.8 cm³/mol. The molecule has 0 saturated heterocycles. The Kier molecular flexibility index (Phi) is 6.72. The average Bonchev–Trinajstić information content (AvgIpc) is 2.15. The lowest BCUT2D eigenvalue weighted by atomic mass is 10.1. The quantitative estimate of drug-likeness (QED) is 0.678. The van der Waals surface area contributed by atoms with E-state index in [1.165, 1.54) is 4.90 Å². The molecular formula is C11H23N3O2. The van der Waals surface area contributed by atoms with Crippen molar-refractivity contribution in [1.29, 1.82) is 0 Å². The van der Waals surface area contributed by atoms with Crippen LogP contribution in [0.1, 0.15) is 33.6 Å². The van der Waals surface area contributed by atoms with Gasteiger partial charge in [0.1, 0.15) is 0 Å². The van der Waals surface area contributed by atoms with Gasteiger partial charge >= 0.3 is 0 Å². The SMILES string of the molecule is CCC[C@H](N)C(=O)N(C)CC(=O)NC(C)C. The maximum atomic E-state index is 11.7. The van der Waals surface area contributed by atoms with Crippen LogP contribution in [0.5, 0.6) is 0 Å². The normalized spacial score (nSPS) is 12.4. The third-order valence-corrected chi connectivity index (χ3v) is 2.12. The van der Waals surface area contributed by atoms with Crippen molar-refractivity contribution in [2.45, 2.75) is 45.7 Å². The molecule has 0 heterocycles. The van der Waals surface area contributed by atoms with Gasteiger partial charge < -0.3 is 16.0 Å². The van der Waals surface area contributed by atoms with Gasteiger partial charge in [-0.25, -0.2) is 0 Å². The Morgan fingerprint density at radius 1 is 1.38 bits per heavy atom. The average molecular weight is 229 g/mol. The number of hydrogen-bond donors (Lipinski definition) is 2. The molecule has 0 aliphatic rings. The maximum Gasteiger partial charge on any atom is 0.239 e. The van der Waals surface area contributed by atoms with Crippen molar-refractivity contribution in [3.8, 4) is 0 Å². The number of rotatable bonds is 6. The highest BCUT2D eigenvalue weighted by molar-refractivity contribution is 5.87. The minimum atomic E-state index is -0.498. The number of amides is 2. The summed E-state index contributed by atoms with van der Waals surface area (Å²) in [6, 6.07) is -0.415. The second-order valence-electron chi connectivity index (χ2n) is 4.31. The topological polar surface area (TPSA) is 75.4 Å². The highest BCUT2D eigenvalue weighted by Crippen LogP contribution is 1.98. The molecule has 2 amide bonds. The second-order valence-corrected chi connectivity index (χ2v) is 4.31. The van der Waals surface area contributed by atoms with Gasteiger partial charge in [0.2, 0.25) is 11.8 Å². The molecule has 16 heavy (non-hydrogen) atoms. The summed E-state index contributed by atoms with van der Waals surface area (Å²) in [5, 5.41) is 2.73. The van der Waals surface area contributed by atoms with Crippen LogP contribution in [-0.2, 0) is 9.59 Å². The number of hydrogen-bond acceptors (Lipinski definition) is 3. The monoisotopic (exact) mass is 229 g/mol. The largest absolute Gasteiger partial charge is 0.352 e. The summed E-state index contributed by atoms with van der Waals surface area (Å²) in [6.07, 6.45) is 1.51. The number of nitrogens with two attached hydrogens (primary N) is 1. The molecule has 94 valence electrons. The number of nitrogens with one attached hydrogen (secondary N) is 1. The molecular weight excluding hydrogens is 206 g/mol. The molecule has 0 spiro atoms. The summed E-state index contributed by atoms with van der Waals surface area (Å²) in [6.45, 7) is 5.79. The van der Waals surface area contributed by atoms with E-state index in [0.717, 1.165) is 6.42 Å². The van der Waals surface area contributed by atoms with Crippen LogP contribution in [0.15, 0.2) is 0 Å². The lowest BCUT2D eigenvalue weighted by molar-refractivity contribution is -0.136.